The first-order valence-corrected chi connectivity index (χ1v) is 6.46. The van der Waals surface area contributed by atoms with Crippen molar-refractivity contribution < 1.29 is 4.42 Å². The van der Waals surface area contributed by atoms with Crippen LogP contribution in [0.25, 0.3) is 28.0 Å². The Morgan fingerprint density at radius 3 is 2.90 bits per heavy atom. The van der Waals surface area contributed by atoms with Gasteiger partial charge in [-0.05, 0) is 24.3 Å². The second-order valence-electron chi connectivity index (χ2n) is 4.96. The zero-order chi connectivity index (χ0) is 14.6. The summed E-state index contributed by atoms with van der Waals surface area (Å²) in [4.78, 5) is 16.1. The Bertz CT molecular complexity index is 1040. The van der Waals surface area contributed by atoms with E-state index in [1.165, 1.54) is 4.57 Å². The lowest BCUT2D eigenvalue weighted by Crippen LogP contribution is -2.08. The van der Waals surface area contributed by atoms with Gasteiger partial charge in [0.1, 0.15) is 5.65 Å². The van der Waals surface area contributed by atoms with Gasteiger partial charge in [-0.2, -0.15) is 0 Å². The summed E-state index contributed by atoms with van der Waals surface area (Å²) >= 11 is 0. The molecular weight excluding hydrogens is 268 g/mol. The number of aromatic nitrogens is 3. The lowest BCUT2D eigenvalue weighted by atomic mass is 10.1. The Hall–Kier alpha value is -3.02. The molecule has 21 heavy (non-hydrogen) atoms. The molecule has 104 valence electrons. The highest BCUT2D eigenvalue weighted by molar-refractivity contribution is 5.80. The summed E-state index contributed by atoms with van der Waals surface area (Å²) in [5, 5.41) is 0. The monoisotopic (exact) mass is 280 g/mol. The molecule has 0 aliphatic carbocycles. The van der Waals surface area contributed by atoms with Crippen molar-refractivity contribution in [2.75, 3.05) is 5.73 Å². The molecule has 0 amide bonds. The lowest BCUT2D eigenvalue weighted by Gasteiger charge is -1.96. The molecule has 0 saturated heterocycles. The topological polar surface area (TPSA) is 78.5 Å². The van der Waals surface area contributed by atoms with Crippen molar-refractivity contribution in [3.63, 3.8) is 0 Å². The molecule has 4 aromatic rings. The third kappa shape index (κ3) is 1.73. The summed E-state index contributed by atoms with van der Waals surface area (Å²) < 4.78 is 8.55. The lowest BCUT2D eigenvalue weighted by molar-refractivity contribution is 0.528. The van der Waals surface area contributed by atoms with Crippen molar-refractivity contribution in [2.45, 2.75) is 0 Å². The molecule has 3 aromatic heterocycles. The number of benzene rings is 1. The number of imidazole rings is 1. The van der Waals surface area contributed by atoms with E-state index in [2.05, 4.69) is 4.98 Å². The number of nitrogens with zero attached hydrogens (tertiary/aromatic N) is 3. The summed E-state index contributed by atoms with van der Waals surface area (Å²) in [6.45, 7) is 0. The Balaban J connectivity index is 1.93. The van der Waals surface area contributed by atoms with E-state index >= 15 is 0 Å². The average molecular weight is 280 g/mol. The van der Waals surface area contributed by atoms with Crippen LogP contribution in [0.3, 0.4) is 0 Å². The summed E-state index contributed by atoms with van der Waals surface area (Å²) in [6.07, 6.45) is 3.71. The number of hydrogen-bond donors (Lipinski definition) is 1. The van der Waals surface area contributed by atoms with Gasteiger partial charge in [-0.25, -0.2) is 9.78 Å². The summed E-state index contributed by atoms with van der Waals surface area (Å²) in [5.41, 5.74) is 10.3. The van der Waals surface area contributed by atoms with Crippen LogP contribution in [0.1, 0.15) is 0 Å². The molecule has 6 heteroatoms. The third-order valence-electron chi connectivity index (χ3n) is 3.56. The normalized spacial score (nSPS) is 11.5. The minimum Gasteiger partial charge on any atom is -0.408 e. The molecule has 0 saturated carbocycles. The zero-order valence-electron chi connectivity index (χ0n) is 11.3. The van der Waals surface area contributed by atoms with Crippen molar-refractivity contribution in [3.8, 4) is 11.3 Å². The number of nitrogens with two attached hydrogens (primary N) is 1. The van der Waals surface area contributed by atoms with Crippen LogP contribution < -0.4 is 11.5 Å². The smallest absolute Gasteiger partial charge is 0.408 e. The predicted octanol–water partition coefficient (Wildman–Crippen LogP) is 2.03. The molecule has 0 spiro atoms. The number of fused-ring (bicyclic) bond motifs is 2. The van der Waals surface area contributed by atoms with Crippen molar-refractivity contribution in [3.05, 3.63) is 53.3 Å². The second-order valence-corrected chi connectivity index (χ2v) is 4.96. The van der Waals surface area contributed by atoms with Gasteiger partial charge in [-0.15, -0.1) is 0 Å². The van der Waals surface area contributed by atoms with E-state index in [-0.39, 0.29) is 5.76 Å². The predicted molar refractivity (Wildman–Crippen MR) is 80.1 cm³/mol. The molecule has 6 nitrogen and oxygen atoms in total. The Morgan fingerprint density at radius 2 is 2.05 bits per heavy atom. The molecule has 0 aliphatic heterocycles. The van der Waals surface area contributed by atoms with Crippen LogP contribution in [-0.2, 0) is 7.05 Å². The fraction of sp³-hybridized carbons (Fsp3) is 0.0667. The van der Waals surface area contributed by atoms with E-state index in [4.69, 9.17) is 10.2 Å². The van der Waals surface area contributed by atoms with E-state index in [1.807, 2.05) is 47.1 Å². The number of aryl methyl sites for hydroxylation is 1. The molecule has 0 unspecified atom stereocenters. The summed E-state index contributed by atoms with van der Waals surface area (Å²) in [5.74, 6) is -0.370. The van der Waals surface area contributed by atoms with E-state index < -0.39 is 0 Å². The molecule has 0 atom stereocenters. The zero-order valence-corrected chi connectivity index (χ0v) is 11.3. The Kier molecular flexibility index (Phi) is 2.24. The first-order chi connectivity index (χ1) is 10.1. The van der Waals surface area contributed by atoms with Crippen LogP contribution in [0.5, 0.6) is 0 Å². The Morgan fingerprint density at radius 1 is 1.19 bits per heavy atom. The highest BCUT2D eigenvalue weighted by atomic mass is 16.4. The van der Waals surface area contributed by atoms with Crippen molar-refractivity contribution in [1.29, 1.82) is 0 Å². The fourth-order valence-corrected chi connectivity index (χ4v) is 2.44. The molecule has 3 heterocycles. The van der Waals surface area contributed by atoms with Crippen LogP contribution in [0.4, 0.5) is 5.69 Å². The molecule has 2 N–H and O–H groups in total. The van der Waals surface area contributed by atoms with Crippen LogP contribution in [0.15, 0.2) is 51.9 Å². The van der Waals surface area contributed by atoms with Gasteiger partial charge in [-0.3, -0.25) is 4.57 Å². The van der Waals surface area contributed by atoms with Gasteiger partial charge in [0.05, 0.1) is 11.2 Å². The average Bonchev–Trinajstić information content (AvgIpc) is 3.00. The molecule has 0 aliphatic rings. The van der Waals surface area contributed by atoms with Crippen LogP contribution in [-0.4, -0.2) is 14.0 Å². The van der Waals surface area contributed by atoms with E-state index in [9.17, 15) is 4.79 Å². The third-order valence-corrected chi connectivity index (χ3v) is 3.56. The van der Waals surface area contributed by atoms with Gasteiger partial charge in [0.25, 0.3) is 0 Å². The van der Waals surface area contributed by atoms with Gasteiger partial charge >= 0.3 is 5.76 Å². The molecular formula is C15H12N4O2. The quantitative estimate of drug-likeness (QED) is 0.578. The van der Waals surface area contributed by atoms with Gasteiger partial charge in [0.15, 0.2) is 5.58 Å². The first kappa shape index (κ1) is 11.8. The second kappa shape index (κ2) is 3.99. The van der Waals surface area contributed by atoms with Crippen molar-refractivity contribution in [2.24, 2.45) is 7.05 Å². The highest BCUT2D eigenvalue weighted by Gasteiger charge is 2.09. The molecule has 0 bridgehead atoms. The Labute approximate surface area is 119 Å². The fourth-order valence-electron chi connectivity index (χ4n) is 2.44. The maximum Gasteiger partial charge on any atom is 0.419 e. The molecule has 4 rings (SSSR count). The van der Waals surface area contributed by atoms with Crippen molar-refractivity contribution in [1.82, 2.24) is 14.0 Å². The minimum atomic E-state index is -0.370. The maximum absolute atomic E-state index is 11.5. The van der Waals surface area contributed by atoms with E-state index in [0.29, 0.717) is 11.3 Å². The van der Waals surface area contributed by atoms with Gasteiger partial charge in [-0.1, -0.05) is 6.07 Å². The van der Waals surface area contributed by atoms with Crippen LogP contribution >= 0.6 is 0 Å². The van der Waals surface area contributed by atoms with E-state index in [1.54, 1.807) is 7.05 Å². The number of oxazole rings is 1. The highest BCUT2D eigenvalue weighted by Crippen LogP contribution is 2.24. The number of pyridine rings is 1. The molecule has 0 fully saturated rings. The van der Waals surface area contributed by atoms with Gasteiger partial charge < -0.3 is 14.6 Å². The SMILES string of the molecule is Cn1c(=O)oc2cc(-c3cn4cc(N)ccc4n3)ccc21. The van der Waals surface area contributed by atoms with E-state index in [0.717, 1.165) is 22.4 Å². The van der Waals surface area contributed by atoms with Crippen LogP contribution in [0.2, 0.25) is 0 Å². The number of nitrogen functional groups attached to an aromatic ring is 1. The largest absolute Gasteiger partial charge is 0.419 e. The summed E-state index contributed by atoms with van der Waals surface area (Å²) in [6, 6.07) is 9.27. The summed E-state index contributed by atoms with van der Waals surface area (Å²) in [7, 11) is 1.68. The maximum atomic E-state index is 11.5. The molecule has 0 radical (unpaired) electrons. The van der Waals surface area contributed by atoms with Gasteiger partial charge in [0.2, 0.25) is 0 Å². The van der Waals surface area contributed by atoms with Crippen LogP contribution in [0, 0.1) is 0 Å². The standard InChI is InChI=1S/C15H12N4O2/c1-18-12-4-2-9(6-13(12)21-15(18)20)11-8-19-7-10(16)3-5-14(19)17-11/h2-8H,16H2,1H3. The van der Waals surface area contributed by atoms with Crippen molar-refractivity contribution >= 4 is 22.4 Å². The number of rotatable bonds is 1. The van der Waals surface area contributed by atoms with Gasteiger partial charge in [0, 0.05) is 30.7 Å². The minimum absolute atomic E-state index is 0.370. The molecule has 1 aromatic carbocycles. The number of hydrogen-bond acceptors (Lipinski definition) is 4. The first-order valence-electron chi connectivity index (χ1n) is 6.46. The number of anilines is 1.